The quantitative estimate of drug-likeness (QED) is 0.561. The lowest BCUT2D eigenvalue weighted by Crippen LogP contribution is -2.43. The summed E-state index contributed by atoms with van der Waals surface area (Å²) in [6, 6.07) is 8.31. The molecule has 0 amide bonds. The molecule has 134 valence electrons. The third-order valence-corrected chi connectivity index (χ3v) is 4.30. The Bertz CT molecular complexity index is 671. The minimum atomic E-state index is 0.497. The van der Waals surface area contributed by atoms with Crippen LogP contribution in [-0.2, 0) is 0 Å². The smallest absolute Gasteiger partial charge is 0.229 e. The van der Waals surface area contributed by atoms with Crippen molar-refractivity contribution in [2.24, 2.45) is 5.73 Å². The standard InChI is InChI=1S/C17H24ClN7/c18-15-12-22-17(24-16(15)21-7-1-6-19)23-13-2-4-14(5-3-13)25-10-8-20-9-11-25/h2-5,12,20H,1,6-11,19H2,(H2,21,22,23,24). The van der Waals surface area contributed by atoms with E-state index in [-0.39, 0.29) is 0 Å². The zero-order chi connectivity index (χ0) is 17.5. The largest absolute Gasteiger partial charge is 0.369 e. The van der Waals surface area contributed by atoms with E-state index < -0.39 is 0 Å². The van der Waals surface area contributed by atoms with E-state index in [1.165, 1.54) is 5.69 Å². The summed E-state index contributed by atoms with van der Waals surface area (Å²) in [6.45, 7) is 5.47. The van der Waals surface area contributed by atoms with Crippen molar-refractivity contribution in [1.82, 2.24) is 15.3 Å². The first-order valence-corrected chi connectivity index (χ1v) is 8.93. The summed E-state index contributed by atoms with van der Waals surface area (Å²) in [4.78, 5) is 11.0. The zero-order valence-corrected chi connectivity index (χ0v) is 14.9. The van der Waals surface area contributed by atoms with Crippen molar-refractivity contribution in [2.45, 2.75) is 6.42 Å². The molecular weight excluding hydrogens is 338 g/mol. The molecule has 1 saturated heterocycles. The summed E-state index contributed by atoms with van der Waals surface area (Å²) in [7, 11) is 0. The minimum Gasteiger partial charge on any atom is -0.369 e. The molecule has 25 heavy (non-hydrogen) atoms. The Hall–Kier alpha value is -2.09. The molecule has 2 heterocycles. The Morgan fingerprint density at radius 3 is 2.68 bits per heavy atom. The molecule has 1 aliphatic rings. The molecule has 2 aromatic rings. The normalized spacial score (nSPS) is 14.4. The molecule has 0 bridgehead atoms. The van der Waals surface area contributed by atoms with Gasteiger partial charge in [-0.1, -0.05) is 11.6 Å². The van der Waals surface area contributed by atoms with Gasteiger partial charge in [-0.15, -0.1) is 0 Å². The zero-order valence-electron chi connectivity index (χ0n) is 14.1. The molecule has 3 rings (SSSR count). The van der Waals surface area contributed by atoms with Gasteiger partial charge >= 0.3 is 0 Å². The predicted molar refractivity (Wildman–Crippen MR) is 104 cm³/mol. The lowest BCUT2D eigenvalue weighted by molar-refractivity contribution is 0.589. The highest BCUT2D eigenvalue weighted by Gasteiger charge is 2.10. The van der Waals surface area contributed by atoms with E-state index in [0.717, 1.165) is 44.8 Å². The number of benzene rings is 1. The van der Waals surface area contributed by atoms with Gasteiger partial charge < -0.3 is 26.6 Å². The number of nitrogens with zero attached hydrogens (tertiary/aromatic N) is 3. The molecule has 0 aliphatic carbocycles. The average Bonchev–Trinajstić information content (AvgIpc) is 2.66. The Morgan fingerprint density at radius 2 is 1.96 bits per heavy atom. The molecule has 1 aromatic heterocycles. The fourth-order valence-electron chi connectivity index (χ4n) is 2.67. The number of halogens is 1. The molecule has 8 heteroatoms. The predicted octanol–water partition coefficient (Wildman–Crippen LogP) is 2.04. The first-order chi connectivity index (χ1) is 12.3. The molecule has 1 fully saturated rings. The molecule has 0 saturated carbocycles. The average molecular weight is 362 g/mol. The molecule has 7 nitrogen and oxygen atoms in total. The lowest BCUT2D eigenvalue weighted by Gasteiger charge is -2.29. The van der Waals surface area contributed by atoms with Gasteiger partial charge in [0.1, 0.15) is 10.8 Å². The molecule has 0 unspecified atom stereocenters. The van der Waals surface area contributed by atoms with Crippen LogP contribution in [0.15, 0.2) is 30.5 Å². The van der Waals surface area contributed by atoms with Gasteiger partial charge in [-0.05, 0) is 37.2 Å². The SMILES string of the molecule is NCCCNc1nc(Nc2ccc(N3CCNCC3)cc2)ncc1Cl. The highest BCUT2D eigenvalue weighted by Crippen LogP contribution is 2.23. The maximum absolute atomic E-state index is 6.13. The number of aromatic nitrogens is 2. The van der Waals surface area contributed by atoms with Gasteiger partial charge in [0.2, 0.25) is 5.95 Å². The van der Waals surface area contributed by atoms with Crippen molar-refractivity contribution in [3.63, 3.8) is 0 Å². The third-order valence-electron chi connectivity index (χ3n) is 4.02. The summed E-state index contributed by atoms with van der Waals surface area (Å²) in [6.07, 6.45) is 2.45. The summed E-state index contributed by atoms with van der Waals surface area (Å²) >= 11 is 6.13. The molecule has 0 spiro atoms. The van der Waals surface area contributed by atoms with Gasteiger partial charge in [-0.25, -0.2) is 4.98 Å². The maximum Gasteiger partial charge on any atom is 0.229 e. The number of hydrogen-bond acceptors (Lipinski definition) is 7. The Balaban J connectivity index is 1.64. The van der Waals surface area contributed by atoms with Crippen LogP contribution < -0.4 is 26.6 Å². The van der Waals surface area contributed by atoms with Crippen molar-refractivity contribution in [3.8, 4) is 0 Å². The van der Waals surface area contributed by atoms with Crippen molar-refractivity contribution >= 4 is 34.7 Å². The number of nitrogens with two attached hydrogens (primary N) is 1. The summed E-state index contributed by atoms with van der Waals surface area (Å²) in [5, 5.41) is 10.3. The number of piperazine rings is 1. The van der Waals surface area contributed by atoms with Crippen molar-refractivity contribution in [3.05, 3.63) is 35.5 Å². The first-order valence-electron chi connectivity index (χ1n) is 8.55. The maximum atomic E-state index is 6.13. The first kappa shape index (κ1) is 17.7. The highest BCUT2D eigenvalue weighted by atomic mass is 35.5. The van der Waals surface area contributed by atoms with E-state index in [2.05, 4.69) is 43.0 Å². The van der Waals surface area contributed by atoms with Crippen molar-refractivity contribution < 1.29 is 0 Å². The Morgan fingerprint density at radius 1 is 1.20 bits per heavy atom. The van der Waals surface area contributed by atoms with Crippen LogP contribution in [0.5, 0.6) is 0 Å². The third kappa shape index (κ3) is 4.94. The van der Waals surface area contributed by atoms with Gasteiger partial charge in [-0.3, -0.25) is 0 Å². The van der Waals surface area contributed by atoms with Crippen molar-refractivity contribution in [1.29, 1.82) is 0 Å². The van der Waals surface area contributed by atoms with E-state index in [4.69, 9.17) is 17.3 Å². The summed E-state index contributed by atoms with van der Waals surface area (Å²) < 4.78 is 0. The fraction of sp³-hybridized carbons (Fsp3) is 0.412. The molecule has 1 aliphatic heterocycles. The number of hydrogen-bond donors (Lipinski definition) is 4. The molecule has 0 atom stereocenters. The second-order valence-corrected chi connectivity index (χ2v) is 6.28. The highest BCUT2D eigenvalue weighted by molar-refractivity contribution is 6.32. The van der Waals surface area contributed by atoms with Crippen LogP contribution in [0.2, 0.25) is 5.02 Å². The van der Waals surface area contributed by atoms with E-state index in [0.29, 0.717) is 23.3 Å². The Kier molecular flexibility index (Phi) is 6.27. The Labute approximate surface area is 153 Å². The second-order valence-electron chi connectivity index (χ2n) is 5.87. The fourth-order valence-corrected chi connectivity index (χ4v) is 2.83. The van der Waals surface area contributed by atoms with Crippen LogP contribution in [0.3, 0.4) is 0 Å². The van der Waals surface area contributed by atoms with Gasteiger partial charge in [-0.2, -0.15) is 4.98 Å². The van der Waals surface area contributed by atoms with Gasteiger partial charge in [0, 0.05) is 44.1 Å². The van der Waals surface area contributed by atoms with Crippen LogP contribution in [-0.4, -0.2) is 49.2 Å². The molecule has 1 aromatic carbocycles. The molecule has 5 N–H and O–H groups in total. The second kappa shape index (κ2) is 8.84. The van der Waals surface area contributed by atoms with E-state index in [9.17, 15) is 0 Å². The van der Waals surface area contributed by atoms with Gasteiger partial charge in [0.05, 0.1) is 6.20 Å². The van der Waals surface area contributed by atoms with Crippen LogP contribution in [0.1, 0.15) is 6.42 Å². The lowest BCUT2D eigenvalue weighted by atomic mass is 10.2. The van der Waals surface area contributed by atoms with Gasteiger partial charge in [0.15, 0.2) is 0 Å². The van der Waals surface area contributed by atoms with E-state index in [1.54, 1.807) is 6.20 Å². The minimum absolute atomic E-state index is 0.497. The summed E-state index contributed by atoms with van der Waals surface area (Å²) in [5.41, 5.74) is 7.67. The van der Waals surface area contributed by atoms with E-state index in [1.807, 2.05) is 12.1 Å². The number of anilines is 4. The molecular formula is C17H24ClN7. The topological polar surface area (TPSA) is 91.1 Å². The van der Waals surface area contributed by atoms with E-state index >= 15 is 0 Å². The number of nitrogens with one attached hydrogen (secondary N) is 3. The van der Waals surface area contributed by atoms with Crippen LogP contribution in [0.25, 0.3) is 0 Å². The van der Waals surface area contributed by atoms with Crippen LogP contribution >= 0.6 is 11.6 Å². The summed E-state index contributed by atoms with van der Waals surface area (Å²) in [5.74, 6) is 1.12. The van der Waals surface area contributed by atoms with Crippen molar-refractivity contribution in [2.75, 3.05) is 54.8 Å². The number of rotatable bonds is 7. The van der Waals surface area contributed by atoms with Crippen LogP contribution in [0.4, 0.5) is 23.1 Å². The van der Waals surface area contributed by atoms with Crippen LogP contribution in [0, 0.1) is 0 Å². The molecule has 0 radical (unpaired) electrons. The monoisotopic (exact) mass is 361 g/mol. The van der Waals surface area contributed by atoms with Gasteiger partial charge in [0.25, 0.3) is 0 Å².